The van der Waals surface area contributed by atoms with Crippen LogP contribution in [0.2, 0.25) is 0 Å². The molecule has 1 heterocycles. The summed E-state index contributed by atoms with van der Waals surface area (Å²) in [5.41, 5.74) is 2.61. The predicted molar refractivity (Wildman–Crippen MR) is 102 cm³/mol. The third-order valence-corrected chi connectivity index (χ3v) is 4.98. The lowest BCUT2D eigenvalue weighted by molar-refractivity contribution is 0.0550. The van der Waals surface area contributed by atoms with Gasteiger partial charge in [0.2, 0.25) is 0 Å². The summed E-state index contributed by atoms with van der Waals surface area (Å²) in [7, 11) is 0. The van der Waals surface area contributed by atoms with Gasteiger partial charge < -0.3 is 14.7 Å². The number of β-amino-alcohol motifs (C(OH)–C–C–N with tert-alkyl or cyclic N) is 1. The number of hydrogen-bond donors (Lipinski definition) is 1. The fourth-order valence-electron chi connectivity index (χ4n) is 3.57. The van der Waals surface area contributed by atoms with E-state index in [4.69, 9.17) is 4.74 Å². The molecule has 0 radical (unpaired) electrons. The van der Waals surface area contributed by atoms with E-state index in [-0.39, 0.29) is 0 Å². The number of benzene rings is 2. The summed E-state index contributed by atoms with van der Waals surface area (Å²) in [6.45, 7) is 5.23. The summed E-state index contributed by atoms with van der Waals surface area (Å²) in [4.78, 5) is 2.37. The molecule has 0 aromatic heterocycles. The Labute approximate surface area is 151 Å². The number of likely N-dealkylation sites (tertiary alicyclic amines) is 1. The van der Waals surface area contributed by atoms with Gasteiger partial charge >= 0.3 is 0 Å². The number of nitrogens with zero attached hydrogens (tertiary/aromatic N) is 1. The van der Waals surface area contributed by atoms with Crippen molar-refractivity contribution < 1.29 is 9.84 Å². The first-order valence-corrected chi connectivity index (χ1v) is 9.33. The van der Waals surface area contributed by atoms with Crippen molar-refractivity contribution in [3.63, 3.8) is 0 Å². The summed E-state index contributed by atoms with van der Waals surface area (Å²) in [5, 5.41) is 10.3. The fraction of sp³-hybridized carbons (Fsp3) is 0.455. The largest absolute Gasteiger partial charge is 0.491 e. The van der Waals surface area contributed by atoms with Gasteiger partial charge in [-0.25, -0.2) is 0 Å². The van der Waals surface area contributed by atoms with Gasteiger partial charge in [-0.1, -0.05) is 42.5 Å². The Balaban J connectivity index is 1.37. The SMILES string of the molecule is Cc1cccc(OCC(O)CN2CCC(Cc3ccccc3)CC2)c1. The molecule has 1 aliphatic heterocycles. The Morgan fingerprint density at radius 1 is 1.08 bits per heavy atom. The van der Waals surface area contributed by atoms with Gasteiger partial charge in [-0.2, -0.15) is 0 Å². The van der Waals surface area contributed by atoms with Crippen molar-refractivity contribution in [1.29, 1.82) is 0 Å². The minimum Gasteiger partial charge on any atom is -0.491 e. The lowest BCUT2D eigenvalue weighted by Gasteiger charge is -2.33. The first-order chi connectivity index (χ1) is 12.2. The van der Waals surface area contributed by atoms with Gasteiger partial charge in [-0.3, -0.25) is 0 Å². The second-order valence-electron chi connectivity index (χ2n) is 7.22. The highest BCUT2D eigenvalue weighted by Gasteiger charge is 2.21. The van der Waals surface area contributed by atoms with Gasteiger partial charge in [0.05, 0.1) is 0 Å². The van der Waals surface area contributed by atoms with Gasteiger partial charge in [0.25, 0.3) is 0 Å². The van der Waals surface area contributed by atoms with Crippen LogP contribution in [0.15, 0.2) is 54.6 Å². The maximum Gasteiger partial charge on any atom is 0.119 e. The molecule has 134 valence electrons. The topological polar surface area (TPSA) is 32.7 Å². The van der Waals surface area contributed by atoms with Crippen LogP contribution in [0.4, 0.5) is 0 Å². The van der Waals surface area contributed by atoms with Crippen LogP contribution in [0, 0.1) is 12.8 Å². The van der Waals surface area contributed by atoms with Crippen molar-refractivity contribution >= 4 is 0 Å². The normalized spacial score (nSPS) is 17.4. The summed E-state index contributed by atoms with van der Waals surface area (Å²) in [6.07, 6.45) is 3.15. The molecule has 0 aliphatic carbocycles. The average Bonchev–Trinajstić information content (AvgIpc) is 2.63. The number of rotatable bonds is 7. The second kappa shape index (κ2) is 9.02. The second-order valence-corrected chi connectivity index (χ2v) is 7.22. The highest BCUT2D eigenvalue weighted by Crippen LogP contribution is 2.22. The summed E-state index contributed by atoms with van der Waals surface area (Å²) >= 11 is 0. The molecule has 2 aromatic carbocycles. The molecule has 0 bridgehead atoms. The monoisotopic (exact) mass is 339 g/mol. The number of aryl methyl sites for hydroxylation is 1. The Bertz CT molecular complexity index is 635. The zero-order valence-corrected chi connectivity index (χ0v) is 15.1. The summed E-state index contributed by atoms with van der Waals surface area (Å²) < 4.78 is 5.71. The van der Waals surface area contributed by atoms with Crippen LogP contribution in [0.25, 0.3) is 0 Å². The minimum atomic E-state index is -0.439. The van der Waals surface area contributed by atoms with Crippen LogP contribution in [-0.2, 0) is 6.42 Å². The Morgan fingerprint density at radius 2 is 1.84 bits per heavy atom. The van der Waals surface area contributed by atoms with Crippen LogP contribution in [0.3, 0.4) is 0 Å². The van der Waals surface area contributed by atoms with E-state index in [9.17, 15) is 5.11 Å². The number of hydrogen-bond acceptors (Lipinski definition) is 3. The van der Waals surface area contributed by atoms with E-state index in [2.05, 4.69) is 35.2 Å². The van der Waals surface area contributed by atoms with Gasteiger partial charge in [0.1, 0.15) is 18.5 Å². The molecule has 1 N–H and O–H groups in total. The van der Waals surface area contributed by atoms with Crippen molar-refractivity contribution in [2.75, 3.05) is 26.2 Å². The van der Waals surface area contributed by atoms with E-state index in [0.717, 1.165) is 24.8 Å². The number of ether oxygens (including phenoxy) is 1. The lowest BCUT2D eigenvalue weighted by Crippen LogP contribution is -2.41. The van der Waals surface area contributed by atoms with Gasteiger partial charge in [-0.05, 0) is 68.5 Å². The average molecular weight is 339 g/mol. The Kier molecular flexibility index (Phi) is 6.48. The molecule has 1 aliphatic rings. The zero-order valence-electron chi connectivity index (χ0n) is 15.1. The maximum absolute atomic E-state index is 10.3. The van der Waals surface area contributed by atoms with Crippen LogP contribution >= 0.6 is 0 Å². The molecule has 3 nitrogen and oxygen atoms in total. The molecule has 1 saturated heterocycles. The molecule has 0 amide bonds. The molecule has 1 fully saturated rings. The standard InChI is InChI=1S/C22H29NO2/c1-18-6-5-9-22(14-18)25-17-21(24)16-23-12-10-20(11-13-23)15-19-7-3-2-4-8-19/h2-9,14,20-21,24H,10-13,15-17H2,1H3. The molecule has 25 heavy (non-hydrogen) atoms. The molecule has 1 atom stereocenters. The molecular formula is C22H29NO2. The van der Waals surface area contributed by atoms with E-state index in [0.29, 0.717) is 13.2 Å². The molecule has 0 spiro atoms. The maximum atomic E-state index is 10.3. The van der Waals surface area contributed by atoms with Crippen molar-refractivity contribution in [2.24, 2.45) is 5.92 Å². The quantitative estimate of drug-likeness (QED) is 0.835. The van der Waals surface area contributed by atoms with Crippen molar-refractivity contribution in [2.45, 2.75) is 32.3 Å². The fourth-order valence-corrected chi connectivity index (χ4v) is 3.57. The van der Waals surface area contributed by atoms with Gasteiger partial charge in [-0.15, -0.1) is 0 Å². The third-order valence-electron chi connectivity index (χ3n) is 4.98. The zero-order chi connectivity index (χ0) is 17.5. The molecule has 1 unspecified atom stereocenters. The first-order valence-electron chi connectivity index (χ1n) is 9.33. The van der Waals surface area contributed by atoms with Crippen LogP contribution < -0.4 is 4.74 Å². The van der Waals surface area contributed by atoms with Crippen LogP contribution in [-0.4, -0.2) is 42.4 Å². The van der Waals surface area contributed by atoms with E-state index in [1.54, 1.807) is 0 Å². The van der Waals surface area contributed by atoms with E-state index >= 15 is 0 Å². The van der Waals surface area contributed by atoms with Gasteiger partial charge in [0, 0.05) is 6.54 Å². The minimum absolute atomic E-state index is 0.355. The van der Waals surface area contributed by atoms with Crippen molar-refractivity contribution in [3.05, 3.63) is 65.7 Å². The summed E-state index contributed by atoms with van der Waals surface area (Å²) in [6, 6.07) is 18.7. The van der Waals surface area contributed by atoms with Crippen LogP contribution in [0.1, 0.15) is 24.0 Å². The van der Waals surface area contributed by atoms with Crippen LogP contribution in [0.5, 0.6) is 5.75 Å². The molecule has 2 aromatic rings. The predicted octanol–water partition coefficient (Wildman–Crippen LogP) is 3.69. The molecular weight excluding hydrogens is 310 g/mol. The third kappa shape index (κ3) is 5.87. The van der Waals surface area contributed by atoms with Gasteiger partial charge in [0.15, 0.2) is 0 Å². The highest BCUT2D eigenvalue weighted by atomic mass is 16.5. The van der Waals surface area contributed by atoms with E-state index < -0.39 is 6.10 Å². The Morgan fingerprint density at radius 3 is 2.56 bits per heavy atom. The first kappa shape index (κ1) is 18.0. The number of piperidine rings is 1. The number of aliphatic hydroxyl groups excluding tert-OH is 1. The smallest absolute Gasteiger partial charge is 0.119 e. The highest BCUT2D eigenvalue weighted by molar-refractivity contribution is 5.27. The van der Waals surface area contributed by atoms with E-state index in [1.165, 1.54) is 30.4 Å². The lowest BCUT2D eigenvalue weighted by atomic mass is 9.90. The van der Waals surface area contributed by atoms with Crippen molar-refractivity contribution in [3.8, 4) is 5.75 Å². The van der Waals surface area contributed by atoms with Crippen molar-refractivity contribution in [1.82, 2.24) is 4.90 Å². The summed E-state index contributed by atoms with van der Waals surface area (Å²) in [5.74, 6) is 1.60. The number of aliphatic hydroxyl groups is 1. The molecule has 0 saturated carbocycles. The molecule has 3 rings (SSSR count). The molecule has 3 heteroatoms. The Hall–Kier alpha value is -1.84. The van der Waals surface area contributed by atoms with E-state index in [1.807, 2.05) is 31.2 Å².